The lowest BCUT2D eigenvalue weighted by atomic mass is 10.3. The summed E-state index contributed by atoms with van der Waals surface area (Å²) < 4.78 is 11.0. The average Bonchev–Trinajstić information content (AvgIpc) is 2.81. The van der Waals surface area contributed by atoms with E-state index in [1.54, 1.807) is 30.7 Å². The highest BCUT2D eigenvalue weighted by Gasteiger charge is 2.08. The first-order valence-electron chi connectivity index (χ1n) is 5.19. The minimum absolute atomic E-state index is 0.495. The van der Waals surface area contributed by atoms with Gasteiger partial charge in [0.05, 0.1) is 17.3 Å². The Balaban J connectivity index is 2.06. The Hall–Kier alpha value is -2.49. The van der Waals surface area contributed by atoms with Crippen LogP contribution in [0.25, 0.3) is 11.0 Å². The summed E-state index contributed by atoms with van der Waals surface area (Å²) in [7, 11) is 0. The van der Waals surface area contributed by atoms with E-state index in [1.165, 1.54) is 0 Å². The van der Waals surface area contributed by atoms with Gasteiger partial charge in [0.15, 0.2) is 5.75 Å². The molecule has 4 heteroatoms. The van der Waals surface area contributed by atoms with E-state index in [-0.39, 0.29) is 0 Å². The number of benzene rings is 1. The zero-order valence-electron chi connectivity index (χ0n) is 8.96. The Morgan fingerprint density at radius 1 is 1.12 bits per heavy atom. The van der Waals surface area contributed by atoms with E-state index in [4.69, 9.17) is 14.9 Å². The van der Waals surface area contributed by atoms with Crippen LogP contribution in [0.15, 0.2) is 53.3 Å². The molecule has 0 saturated heterocycles. The van der Waals surface area contributed by atoms with Gasteiger partial charge in [-0.05, 0) is 24.3 Å². The molecule has 1 aromatic carbocycles. The molecule has 2 aromatic heterocycles. The molecule has 0 spiro atoms. The second-order valence-corrected chi connectivity index (χ2v) is 3.59. The van der Waals surface area contributed by atoms with Crippen LogP contribution in [0.1, 0.15) is 0 Å². The molecular weight excluding hydrogens is 216 g/mol. The normalized spacial score (nSPS) is 10.6. The van der Waals surface area contributed by atoms with Gasteiger partial charge in [-0.2, -0.15) is 0 Å². The molecule has 17 heavy (non-hydrogen) atoms. The zero-order chi connectivity index (χ0) is 11.7. The number of fused-ring (bicyclic) bond motifs is 1. The van der Waals surface area contributed by atoms with Crippen LogP contribution in [0.2, 0.25) is 0 Å². The summed E-state index contributed by atoms with van der Waals surface area (Å²) in [5, 5.41) is 0.829. The molecule has 0 aliphatic heterocycles. The summed E-state index contributed by atoms with van der Waals surface area (Å²) in [6.07, 6.45) is 3.24. The first kappa shape index (κ1) is 9.72. The molecule has 0 amide bonds. The van der Waals surface area contributed by atoms with Gasteiger partial charge in [-0.25, -0.2) is 4.98 Å². The van der Waals surface area contributed by atoms with Crippen molar-refractivity contribution in [2.45, 2.75) is 0 Å². The lowest BCUT2D eigenvalue weighted by molar-refractivity contribution is 0.471. The first-order valence-corrected chi connectivity index (χ1v) is 5.19. The summed E-state index contributed by atoms with van der Waals surface area (Å²) in [5.74, 6) is 1.09. The van der Waals surface area contributed by atoms with E-state index >= 15 is 0 Å². The summed E-state index contributed by atoms with van der Waals surface area (Å²) in [5.41, 5.74) is 7.13. The van der Waals surface area contributed by atoms with Crippen LogP contribution in [0.5, 0.6) is 11.6 Å². The van der Waals surface area contributed by atoms with Crippen molar-refractivity contribution in [1.29, 1.82) is 0 Å². The second kappa shape index (κ2) is 3.83. The standard InChI is InChI=1S/C13H10N2O2/c14-10-3-1-2-4-12(10)17-13-9-6-8-16-11(9)5-7-15-13/h1-8H,14H2. The van der Waals surface area contributed by atoms with E-state index < -0.39 is 0 Å². The molecule has 2 N–H and O–H groups in total. The monoisotopic (exact) mass is 226 g/mol. The predicted molar refractivity (Wildman–Crippen MR) is 64.9 cm³/mol. The molecular formula is C13H10N2O2. The maximum absolute atomic E-state index is 5.81. The molecule has 0 aliphatic rings. The van der Waals surface area contributed by atoms with Crippen LogP contribution < -0.4 is 10.5 Å². The molecule has 4 nitrogen and oxygen atoms in total. The summed E-state index contributed by atoms with van der Waals surface area (Å²) in [6.45, 7) is 0. The van der Waals surface area contributed by atoms with Gasteiger partial charge in [-0.1, -0.05) is 12.1 Å². The largest absolute Gasteiger partial charge is 0.464 e. The fraction of sp³-hybridized carbons (Fsp3) is 0. The van der Waals surface area contributed by atoms with E-state index in [2.05, 4.69) is 4.98 Å². The summed E-state index contributed by atoms with van der Waals surface area (Å²) in [6, 6.07) is 10.9. The Bertz CT molecular complexity index is 661. The third kappa shape index (κ3) is 1.69. The van der Waals surface area contributed by atoms with Crippen LogP contribution in [-0.4, -0.2) is 4.98 Å². The molecule has 84 valence electrons. The lowest BCUT2D eigenvalue weighted by Gasteiger charge is -2.07. The Morgan fingerprint density at radius 3 is 2.88 bits per heavy atom. The number of hydrogen-bond acceptors (Lipinski definition) is 4. The second-order valence-electron chi connectivity index (χ2n) is 3.59. The van der Waals surface area contributed by atoms with Crippen molar-refractivity contribution >= 4 is 16.7 Å². The fourth-order valence-electron chi connectivity index (χ4n) is 1.63. The fourth-order valence-corrected chi connectivity index (χ4v) is 1.63. The van der Waals surface area contributed by atoms with E-state index in [0.29, 0.717) is 17.3 Å². The van der Waals surface area contributed by atoms with Gasteiger partial charge in [0.1, 0.15) is 5.58 Å². The lowest BCUT2D eigenvalue weighted by Crippen LogP contribution is -1.93. The van der Waals surface area contributed by atoms with Crippen LogP contribution in [0.3, 0.4) is 0 Å². The van der Waals surface area contributed by atoms with Gasteiger partial charge >= 0.3 is 0 Å². The number of pyridine rings is 1. The van der Waals surface area contributed by atoms with Gasteiger partial charge in [-0.15, -0.1) is 0 Å². The van der Waals surface area contributed by atoms with Crippen molar-refractivity contribution in [1.82, 2.24) is 4.98 Å². The van der Waals surface area contributed by atoms with Gasteiger partial charge in [0.25, 0.3) is 0 Å². The maximum Gasteiger partial charge on any atom is 0.230 e. The minimum atomic E-state index is 0.495. The maximum atomic E-state index is 5.81. The number of hydrogen-bond donors (Lipinski definition) is 1. The average molecular weight is 226 g/mol. The molecule has 0 saturated carbocycles. The van der Waals surface area contributed by atoms with Gasteiger partial charge in [-0.3, -0.25) is 0 Å². The quantitative estimate of drug-likeness (QED) is 0.681. The summed E-state index contributed by atoms with van der Waals surface area (Å²) >= 11 is 0. The van der Waals surface area contributed by atoms with Gasteiger partial charge < -0.3 is 14.9 Å². The molecule has 0 unspecified atom stereocenters. The number of nitrogens with two attached hydrogens (primary N) is 1. The SMILES string of the molecule is Nc1ccccc1Oc1nccc2occc12. The van der Waals surface area contributed by atoms with Crippen molar-refractivity contribution in [3.05, 3.63) is 48.9 Å². The number of anilines is 1. The van der Waals surface area contributed by atoms with E-state index in [1.807, 2.05) is 18.2 Å². The Kier molecular flexibility index (Phi) is 2.19. The highest BCUT2D eigenvalue weighted by atomic mass is 16.5. The van der Waals surface area contributed by atoms with Crippen LogP contribution in [0.4, 0.5) is 5.69 Å². The molecule has 0 radical (unpaired) electrons. The van der Waals surface area contributed by atoms with Crippen molar-refractivity contribution in [3.63, 3.8) is 0 Å². The molecule has 3 rings (SSSR count). The number of rotatable bonds is 2. The number of furan rings is 1. The number of para-hydroxylation sites is 2. The topological polar surface area (TPSA) is 61.3 Å². The number of aromatic nitrogens is 1. The molecule has 2 heterocycles. The smallest absolute Gasteiger partial charge is 0.230 e. The van der Waals surface area contributed by atoms with Gasteiger partial charge in [0, 0.05) is 6.20 Å². The molecule has 0 aliphatic carbocycles. The van der Waals surface area contributed by atoms with E-state index in [0.717, 1.165) is 11.0 Å². The first-order chi connectivity index (χ1) is 8.34. The van der Waals surface area contributed by atoms with Crippen molar-refractivity contribution in [3.8, 4) is 11.6 Å². The van der Waals surface area contributed by atoms with Crippen molar-refractivity contribution in [2.24, 2.45) is 0 Å². The number of nitrogen functional groups attached to an aromatic ring is 1. The molecule has 0 atom stereocenters. The number of nitrogens with zero attached hydrogens (tertiary/aromatic N) is 1. The van der Waals surface area contributed by atoms with E-state index in [9.17, 15) is 0 Å². The minimum Gasteiger partial charge on any atom is -0.464 e. The van der Waals surface area contributed by atoms with Crippen LogP contribution in [-0.2, 0) is 0 Å². The van der Waals surface area contributed by atoms with Crippen LogP contribution in [0, 0.1) is 0 Å². The van der Waals surface area contributed by atoms with Crippen molar-refractivity contribution in [2.75, 3.05) is 5.73 Å². The predicted octanol–water partition coefficient (Wildman–Crippen LogP) is 3.20. The molecule has 3 aromatic rings. The highest BCUT2D eigenvalue weighted by Crippen LogP contribution is 2.30. The van der Waals surface area contributed by atoms with Crippen molar-refractivity contribution < 1.29 is 9.15 Å². The molecule has 0 bridgehead atoms. The Morgan fingerprint density at radius 2 is 2.00 bits per heavy atom. The van der Waals surface area contributed by atoms with Crippen LogP contribution >= 0.6 is 0 Å². The Labute approximate surface area is 97.6 Å². The third-order valence-electron chi connectivity index (χ3n) is 2.47. The summed E-state index contributed by atoms with van der Waals surface area (Å²) in [4.78, 5) is 4.18. The number of ether oxygens (including phenoxy) is 1. The zero-order valence-corrected chi connectivity index (χ0v) is 8.96. The highest BCUT2D eigenvalue weighted by molar-refractivity contribution is 5.82. The third-order valence-corrected chi connectivity index (χ3v) is 2.47. The van der Waals surface area contributed by atoms with Gasteiger partial charge in [0.2, 0.25) is 5.88 Å². The molecule has 0 fully saturated rings.